The van der Waals surface area contributed by atoms with Crippen LogP contribution in [0.3, 0.4) is 0 Å². The number of anilines is 2. The average Bonchev–Trinajstić information content (AvgIpc) is 2.36. The highest BCUT2D eigenvalue weighted by molar-refractivity contribution is 5.82. The quantitative estimate of drug-likeness (QED) is 0.345. The van der Waals surface area contributed by atoms with E-state index in [0.29, 0.717) is 11.4 Å². The van der Waals surface area contributed by atoms with E-state index < -0.39 is 12.0 Å². The van der Waals surface area contributed by atoms with E-state index in [1.165, 1.54) is 6.92 Å². The maximum Gasteiger partial charge on any atom is 0.320 e. The van der Waals surface area contributed by atoms with Gasteiger partial charge in [-0.15, -0.1) is 0 Å². The summed E-state index contributed by atoms with van der Waals surface area (Å²) < 4.78 is 0. The number of carbonyl (C=O) groups excluding carboxylic acids is 1. The SMILES string of the molecule is CC(=O)CNc1ccc(CC(N)C(=O)O)cc1NN. The van der Waals surface area contributed by atoms with Crippen molar-refractivity contribution in [2.75, 3.05) is 17.3 Å². The van der Waals surface area contributed by atoms with Crippen LogP contribution in [0.1, 0.15) is 12.5 Å². The monoisotopic (exact) mass is 266 g/mol. The Kier molecular flexibility index (Phi) is 5.28. The lowest BCUT2D eigenvalue weighted by Gasteiger charge is -2.13. The lowest BCUT2D eigenvalue weighted by Crippen LogP contribution is -2.32. The second kappa shape index (κ2) is 6.72. The van der Waals surface area contributed by atoms with E-state index in [9.17, 15) is 9.59 Å². The molecule has 7 heteroatoms. The van der Waals surface area contributed by atoms with Crippen LogP contribution in [0.5, 0.6) is 0 Å². The summed E-state index contributed by atoms with van der Waals surface area (Å²) in [6.45, 7) is 1.67. The van der Waals surface area contributed by atoms with Gasteiger partial charge in [0.15, 0.2) is 0 Å². The van der Waals surface area contributed by atoms with Crippen LogP contribution in [0.25, 0.3) is 0 Å². The summed E-state index contributed by atoms with van der Waals surface area (Å²) in [5, 5.41) is 11.7. The minimum absolute atomic E-state index is 0.0000487. The van der Waals surface area contributed by atoms with Crippen molar-refractivity contribution < 1.29 is 14.7 Å². The summed E-state index contributed by atoms with van der Waals surface area (Å²) in [4.78, 5) is 21.6. The average molecular weight is 266 g/mol. The van der Waals surface area contributed by atoms with Gasteiger partial charge in [0.1, 0.15) is 11.8 Å². The van der Waals surface area contributed by atoms with Crippen LogP contribution in [0.4, 0.5) is 11.4 Å². The van der Waals surface area contributed by atoms with E-state index in [0.717, 1.165) is 5.56 Å². The number of carbonyl (C=O) groups is 2. The molecule has 1 atom stereocenters. The van der Waals surface area contributed by atoms with E-state index >= 15 is 0 Å². The van der Waals surface area contributed by atoms with Gasteiger partial charge in [0.05, 0.1) is 17.9 Å². The van der Waals surface area contributed by atoms with Gasteiger partial charge >= 0.3 is 5.97 Å². The molecule has 7 N–H and O–H groups in total. The summed E-state index contributed by atoms with van der Waals surface area (Å²) in [6, 6.07) is 4.21. The number of carboxylic acids is 1. The van der Waals surface area contributed by atoms with E-state index in [1.807, 2.05) is 0 Å². The molecule has 0 amide bonds. The predicted molar refractivity (Wildman–Crippen MR) is 72.7 cm³/mol. The molecular weight excluding hydrogens is 248 g/mol. The topological polar surface area (TPSA) is 130 Å². The number of carboxylic acid groups (broad SMARTS) is 1. The number of nitrogen functional groups attached to an aromatic ring is 1. The van der Waals surface area contributed by atoms with Crippen LogP contribution in [-0.4, -0.2) is 29.4 Å². The van der Waals surface area contributed by atoms with Crippen LogP contribution in [0.2, 0.25) is 0 Å². The van der Waals surface area contributed by atoms with E-state index in [1.54, 1.807) is 18.2 Å². The second-order valence-electron chi connectivity index (χ2n) is 4.23. The zero-order valence-electron chi connectivity index (χ0n) is 10.6. The standard InChI is InChI=1S/C12H18N4O3/c1-7(17)6-15-10-3-2-8(5-11(10)16-14)4-9(13)12(18)19/h2-3,5,9,15-16H,4,6,13-14H2,1H3,(H,18,19). The molecule has 0 spiro atoms. The molecule has 1 aromatic carbocycles. The number of nitrogens with two attached hydrogens (primary N) is 2. The van der Waals surface area contributed by atoms with Gasteiger partial charge in [-0.3, -0.25) is 15.4 Å². The van der Waals surface area contributed by atoms with Gasteiger partial charge in [-0.1, -0.05) is 6.07 Å². The van der Waals surface area contributed by atoms with Crippen molar-refractivity contribution in [1.82, 2.24) is 0 Å². The molecule has 1 unspecified atom stereocenters. The highest BCUT2D eigenvalue weighted by atomic mass is 16.4. The Morgan fingerprint density at radius 2 is 2.05 bits per heavy atom. The molecule has 0 saturated carbocycles. The third-order valence-electron chi connectivity index (χ3n) is 2.54. The van der Waals surface area contributed by atoms with E-state index in [2.05, 4.69) is 10.7 Å². The van der Waals surface area contributed by atoms with Crippen molar-refractivity contribution in [3.05, 3.63) is 23.8 Å². The van der Waals surface area contributed by atoms with Gasteiger partial charge < -0.3 is 21.6 Å². The smallest absolute Gasteiger partial charge is 0.320 e. The molecule has 0 heterocycles. The highest BCUT2D eigenvalue weighted by Crippen LogP contribution is 2.22. The van der Waals surface area contributed by atoms with Crippen molar-refractivity contribution in [2.24, 2.45) is 11.6 Å². The molecule has 0 aliphatic carbocycles. The fourth-order valence-corrected chi connectivity index (χ4v) is 1.55. The molecule has 0 saturated heterocycles. The minimum atomic E-state index is -1.05. The first-order valence-corrected chi connectivity index (χ1v) is 5.75. The Morgan fingerprint density at radius 1 is 1.37 bits per heavy atom. The van der Waals surface area contributed by atoms with Gasteiger partial charge in [-0.05, 0) is 31.0 Å². The Morgan fingerprint density at radius 3 is 2.58 bits per heavy atom. The van der Waals surface area contributed by atoms with E-state index in [4.69, 9.17) is 16.7 Å². The number of ketones is 1. The second-order valence-corrected chi connectivity index (χ2v) is 4.23. The van der Waals surface area contributed by atoms with Crippen molar-refractivity contribution in [3.63, 3.8) is 0 Å². The minimum Gasteiger partial charge on any atom is -0.480 e. The molecule has 0 bridgehead atoms. The first-order valence-electron chi connectivity index (χ1n) is 5.75. The zero-order valence-corrected chi connectivity index (χ0v) is 10.6. The van der Waals surface area contributed by atoms with Crippen LogP contribution >= 0.6 is 0 Å². The number of aliphatic carboxylic acids is 1. The largest absolute Gasteiger partial charge is 0.480 e. The normalized spacial score (nSPS) is 11.7. The van der Waals surface area contributed by atoms with Gasteiger partial charge in [-0.2, -0.15) is 0 Å². The number of benzene rings is 1. The number of hydrazine groups is 1. The van der Waals surface area contributed by atoms with Gasteiger partial charge in [0.2, 0.25) is 0 Å². The van der Waals surface area contributed by atoms with Crippen LogP contribution in [0, 0.1) is 0 Å². The fourth-order valence-electron chi connectivity index (χ4n) is 1.55. The molecule has 0 aliphatic rings. The maximum absolute atomic E-state index is 10.9. The molecule has 104 valence electrons. The summed E-state index contributed by atoms with van der Waals surface area (Å²) in [5.41, 5.74) is 9.96. The third-order valence-corrected chi connectivity index (χ3v) is 2.54. The van der Waals surface area contributed by atoms with E-state index in [-0.39, 0.29) is 18.7 Å². The Bertz CT molecular complexity index is 476. The van der Waals surface area contributed by atoms with Crippen molar-refractivity contribution >= 4 is 23.1 Å². The van der Waals surface area contributed by atoms with Gasteiger partial charge in [0, 0.05) is 0 Å². The first-order chi connectivity index (χ1) is 8.93. The summed E-state index contributed by atoms with van der Waals surface area (Å²) >= 11 is 0. The number of nitrogens with one attached hydrogen (secondary N) is 2. The molecule has 0 radical (unpaired) electrons. The molecule has 1 aromatic rings. The van der Waals surface area contributed by atoms with Crippen LogP contribution in [0.15, 0.2) is 18.2 Å². The first kappa shape index (κ1) is 14.9. The Labute approximate surface area is 110 Å². The van der Waals surface area contributed by atoms with Crippen LogP contribution in [-0.2, 0) is 16.0 Å². The zero-order chi connectivity index (χ0) is 14.4. The van der Waals surface area contributed by atoms with Gasteiger partial charge in [-0.25, -0.2) is 0 Å². The third kappa shape index (κ3) is 4.57. The van der Waals surface area contributed by atoms with Crippen LogP contribution < -0.4 is 22.3 Å². The molecule has 0 aliphatic heterocycles. The van der Waals surface area contributed by atoms with Crippen molar-refractivity contribution in [3.8, 4) is 0 Å². The molecule has 0 aromatic heterocycles. The lowest BCUT2D eigenvalue weighted by atomic mass is 10.1. The molecular formula is C12H18N4O3. The number of hydrogen-bond donors (Lipinski definition) is 5. The summed E-state index contributed by atoms with van der Waals surface area (Å²) in [7, 11) is 0. The molecule has 7 nitrogen and oxygen atoms in total. The van der Waals surface area contributed by atoms with Crippen molar-refractivity contribution in [1.29, 1.82) is 0 Å². The van der Waals surface area contributed by atoms with Gasteiger partial charge in [0.25, 0.3) is 0 Å². The molecule has 0 fully saturated rings. The summed E-state index contributed by atoms with van der Waals surface area (Å²) in [6.07, 6.45) is 0.205. The molecule has 1 rings (SSSR count). The fraction of sp³-hybridized carbons (Fsp3) is 0.333. The Balaban J connectivity index is 2.83. The maximum atomic E-state index is 10.9. The highest BCUT2D eigenvalue weighted by Gasteiger charge is 2.13. The van der Waals surface area contributed by atoms with Crippen molar-refractivity contribution in [2.45, 2.75) is 19.4 Å². The lowest BCUT2D eigenvalue weighted by molar-refractivity contribution is -0.138. The molecule has 19 heavy (non-hydrogen) atoms. The number of rotatable bonds is 7. The summed E-state index contributed by atoms with van der Waals surface area (Å²) in [5.74, 6) is 4.34. The Hall–Kier alpha value is -2.12. The number of Topliss-reactive ketones (excluding diaryl/α,β-unsaturated/α-hetero) is 1. The predicted octanol–water partition coefficient (Wildman–Crippen LogP) is -0.0725. The number of hydrogen-bond acceptors (Lipinski definition) is 6.